The minimum Gasteiger partial charge on any atom is -0.484 e. The Bertz CT molecular complexity index is 868. The predicted molar refractivity (Wildman–Crippen MR) is 136 cm³/mol. The second-order valence-electron chi connectivity index (χ2n) is 8.65. The maximum absolute atomic E-state index is 12.4. The summed E-state index contributed by atoms with van der Waals surface area (Å²) in [5.41, 5.74) is 3.82. The Morgan fingerprint density at radius 2 is 1.78 bits per heavy atom. The topological polar surface area (TPSA) is 41.6 Å². The highest BCUT2D eigenvalue weighted by Gasteiger charge is 2.19. The highest BCUT2D eigenvalue weighted by Crippen LogP contribution is 2.43. The fourth-order valence-corrected chi connectivity index (χ4v) is 7.18. The molecule has 0 aromatic heterocycles. The highest BCUT2D eigenvalue weighted by molar-refractivity contribution is 8.16. The first-order valence-electron chi connectivity index (χ1n) is 11.7. The normalized spacial score (nSPS) is 20.1. The van der Waals surface area contributed by atoms with E-state index in [0.717, 1.165) is 18.8 Å². The van der Waals surface area contributed by atoms with Gasteiger partial charge in [-0.15, -0.1) is 23.5 Å². The van der Waals surface area contributed by atoms with Crippen LogP contribution in [0, 0.1) is 0 Å². The van der Waals surface area contributed by atoms with Crippen LogP contribution >= 0.6 is 23.5 Å². The number of nitrogens with one attached hydrogen (secondary N) is 1. The minimum absolute atomic E-state index is 0.0393. The Labute approximate surface area is 200 Å². The first-order chi connectivity index (χ1) is 15.7. The summed E-state index contributed by atoms with van der Waals surface area (Å²) >= 11 is 4.02. The lowest BCUT2D eigenvalue weighted by molar-refractivity contribution is -0.123. The third-order valence-electron chi connectivity index (χ3n) is 6.26. The molecule has 2 heterocycles. The van der Waals surface area contributed by atoms with E-state index in [0.29, 0.717) is 17.2 Å². The van der Waals surface area contributed by atoms with Crippen molar-refractivity contribution in [3.63, 3.8) is 0 Å². The number of carbonyl (C=O) groups is 1. The average Bonchev–Trinajstić information content (AvgIpc) is 2.84. The number of benzene rings is 2. The summed E-state index contributed by atoms with van der Waals surface area (Å²) in [6, 6.07) is 17.3. The van der Waals surface area contributed by atoms with Gasteiger partial charge in [0.1, 0.15) is 5.75 Å². The number of ether oxygens (including phenoxy) is 1. The molecule has 0 radical (unpaired) electrons. The minimum atomic E-state index is -0.0892. The van der Waals surface area contributed by atoms with Gasteiger partial charge in [-0.2, -0.15) is 0 Å². The van der Waals surface area contributed by atoms with Gasteiger partial charge in [-0.05, 0) is 73.1 Å². The van der Waals surface area contributed by atoms with Crippen molar-refractivity contribution in [2.24, 2.45) is 0 Å². The molecular weight excluding hydrogens is 436 g/mol. The maximum atomic E-state index is 12.4. The predicted octanol–water partition coefficient (Wildman–Crippen LogP) is 5.62. The number of rotatable bonds is 8. The number of amides is 1. The van der Waals surface area contributed by atoms with Crippen LogP contribution in [0.4, 0.5) is 0 Å². The van der Waals surface area contributed by atoms with Gasteiger partial charge < -0.3 is 10.1 Å². The molecule has 1 amide bonds. The van der Waals surface area contributed by atoms with Crippen LogP contribution in [0.2, 0.25) is 0 Å². The highest BCUT2D eigenvalue weighted by atomic mass is 32.2. The van der Waals surface area contributed by atoms with E-state index in [4.69, 9.17) is 4.74 Å². The number of likely N-dealkylation sites (tertiary alicyclic amines) is 1. The van der Waals surface area contributed by atoms with Crippen LogP contribution in [0.15, 0.2) is 48.5 Å². The number of nitrogens with zero attached hydrogens (tertiary/aromatic N) is 1. The van der Waals surface area contributed by atoms with Gasteiger partial charge in [0.25, 0.3) is 5.91 Å². The zero-order chi connectivity index (χ0) is 22.2. The molecule has 2 aliphatic rings. The number of thioether (sulfide) groups is 2. The van der Waals surface area contributed by atoms with E-state index < -0.39 is 0 Å². The molecular formula is C26H34N2O2S2. The number of piperidine rings is 1. The van der Waals surface area contributed by atoms with E-state index in [1.165, 1.54) is 53.9 Å². The van der Waals surface area contributed by atoms with Crippen molar-refractivity contribution in [2.75, 3.05) is 24.7 Å². The first-order valence-corrected chi connectivity index (χ1v) is 13.8. The van der Waals surface area contributed by atoms with Crippen LogP contribution in [-0.2, 0) is 17.9 Å². The maximum Gasteiger partial charge on any atom is 0.258 e. The van der Waals surface area contributed by atoms with Gasteiger partial charge in [0.2, 0.25) is 0 Å². The Hall–Kier alpha value is -1.63. The largest absolute Gasteiger partial charge is 0.484 e. The van der Waals surface area contributed by atoms with Crippen molar-refractivity contribution in [3.05, 3.63) is 65.2 Å². The summed E-state index contributed by atoms with van der Waals surface area (Å²) in [4.78, 5) is 15.0. The SMILES string of the molecule is CC1CCCCN1Cc1ccccc1CNC(=O)COc1ccc(C2SCCCS2)cc1. The van der Waals surface area contributed by atoms with Gasteiger partial charge in [0.05, 0.1) is 4.58 Å². The van der Waals surface area contributed by atoms with Crippen molar-refractivity contribution >= 4 is 29.4 Å². The summed E-state index contributed by atoms with van der Waals surface area (Å²) in [5, 5.41) is 3.03. The molecule has 2 aromatic carbocycles. The lowest BCUT2D eigenvalue weighted by Crippen LogP contribution is -2.37. The lowest BCUT2D eigenvalue weighted by Gasteiger charge is -2.33. The van der Waals surface area contributed by atoms with Gasteiger partial charge in [0.15, 0.2) is 6.61 Å². The molecule has 4 nitrogen and oxygen atoms in total. The third kappa shape index (κ3) is 6.69. The zero-order valence-electron chi connectivity index (χ0n) is 18.9. The van der Waals surface area contributed by atoms with Crippen molar-refractivity contribution in [3.8, 4) is 5.75 Å². The Morgan fingerprint density at radius 3 is 2.53 bits per heavy atom. The second kappa shape index (κ2) is 12.0. The van der Waals surface area contributed by atoms with Gasteiger partial charge in [-0.1, -0.05) is 42.8 Å². The Morgan fingerprint density at radius 1 is 1.03 bits per heavy atom. The molecule has 0 saturated carbocycles. The smallest absolute Gasteiger partial charge is 0.258 e. The molecule has 2 aliphatic heterocycles. The van der Waals surface area contributed by atoms with Crippen LogP contribution in [-0.4, -0.2) is 41.5 Å². The zero-order valence-corrected chi connectivity index (χ0v) is 20.6. The van der Waals surface area contributed by atoms with Crippen LogP contribution in [0.25, 0.3) is 0 Å². The monoisotopic (exact) mass is 470 g/mol. The van der Waals surface area contributed by atoms with Crippen molar-refractivity contribution in [1.29, 1.82) is 0 Å². The summed E-state index contributed by atoms with van der Waals surface area (Å²) in [6.07, 6.45) is 5.18. The first kappa shape index (κ1) is 23.5. The molecule has 0 aliphatic carbocycles. The Kier molecular flexibility index (Phi) is 8.83. The quantitative estimate of drug-likeness (QED) is 0.542. The van der Waals surface area contributed by atoms with Gasteiger partial charge in [-0.3, -0.25) is 9.69 Å². The van der Waals surface area contributed by atoms with Gasteiger partial charge in [-0.25, -0.2) is 0 Å². The van der Waals surface area contributed by atoms with E-state index >= 15 is 0 Å². The van der Waals surface area contributed by atoms with Gasteiger partial charge >= 0.3 is 0 Å². The Balaban J connectivity index is 1.24. The van der Waals surface area contributed by atoms with Crippen LogP contribution in [0.1, 0.15) is 53.9 Å². The van der Waals surface area contributed by atoms with Gasteiger partial charge in [0, 0.05) is 19.1 Å². The van der Waals surface area contributed by atoms with E-state index in [9.17, 15) is 4.79 Å². The number of carbonyl (C=O) groups excluding carboxylic acids is 1. The fraction of sp³-hybridized carbons (Fsp3) is 0.500. The molecule has 0 spiro atoms. The number of hydrogen-bond donors (Lipinski definition) is 1. The van der Waals surface area contributed by atoms with E-state index in [1.807, 2.05) is 41.7 Å². The molecule has 1 unspecified atom stereocenters. The fourth-order valence-electron chi connectivity index (χ4n) is 4.29. The summed E-state index contributed by atoms with van der Waals surface area (Å²) < 4.78 is 6.25. The molecule has 6 heteroatoms. The standard InChI is InChI=1S/C26H34N2O2S2/c1-20-7-4-5-14-28(20)18-23-9-3-2-8-22(23)17-27-25(29)19-30-24-12-10-21(11-13-24)26-31-15-6-16-32-26/h2-3,8-13,20,26H,4-7,14-19H2,1H3,(H,27,29). The van der Waals surface area contributed by atoms with E-state index in [-0.39, 0.29) is 12.5 Å². The van der Waals surface area contributed by atoms with Crippen LogP contribution in [0.3, 0.4) is 0 Å². The average molecular weight is 471 g/mol. The second-order valence-corrected chi connectivity index (χ2v) is 11.4. The molecule has 2 aromatic rings. The molecule has 2 fully saturated rings. The molecule has 1 N–H and O–H groups in total. The molecule has 32 heavy (non-hydrogen) atoms. The van der Waals surface area contributed by atoms with Crippen molar-refractivity contribution in [2.45, 2.75) is 56.3 Å². The lowest BCUT2D eigenvalue weighted by atomic mass is 10.0. The molecule has 2 saturated heterocycles. The molecule has 172 valence electrons. The van der Waals surface area contributed by atoms with Crippen molar-refractivity contribution < 1.29 is 9.53 Å². The summed E-state index contributed by atoms with van der Waals surface area (Å²) in [7, 11) is 0. The summed E-state index contributed by atoms with van der Waals surface area (Å²) in [6.45, 7) is 5.01. The molecule has 1 atom stereocenters. The van der Waals surface area contributed by atoms with Crippen molar-refractivity contribution in [1.82, 2.24) is 10.2 Å². The van der Waals surface area contributed by atoms with E-state index in [2.05, 4.69) is 47.5 Å². The van der Waals surface area contributed by atoms with Crippen LogP contribution in [0.5, 0.6) is 5.75 Å². The third-order valence-corrected chi connectivity index (χ3v) is 9.27. The summed E-state index contributed by atoms with van der Waals surface area (Å²) in [5.74, 6) is 3.12. The van der Waals surface area contributed by atoms with Crippen LogP contribution < -0.4 is 10.1 Å². The van der Waals surface area contributed by atoms with E-state index in [1.54, 1.807) is 0 Å². The molecule has 0 bridgehead atoms. The number of hydrogen-bond acceptors (Lipinski definition) is 5. The molecule has 4 rings (SSSR count).